The average molecular weight is 433 g/mol. The molecule has 0 aliphatic carbocycles. The number of hydrogen-bond donors (Lipinski definition) is 1. The fourth-order valence-electron chi connectivity index (χ4n) is 5.28. The second-order valence-corrected chi connectivity index (χ2v) is 9.02. The van der Waals surface area contributed by atoms with Gasteiger partial charge in [0.1, 0.15) is 0 Å². The molecule has 168 valence electrons. The molecule has 0 radical (unpaired) electrons. The molecule has 2 heterocycles. The Morgan fingerprint density at radius 2 is 1.34 bits per heavy atom. The minimum atomic E-state index is -0.907. The predicted octanol–water partition coefficient (Wildman–Crippen LogP) is 3.63. The fraction of sp³-hybridized carbons (Fsp3) is 0.407. The van der Waals surface area contributed by atoms with Gasteiger partial charge in [-0.3, -0.25) is 9.59 Å². The number of piperidine rings is 1. The maximum atomic E-state index is 14.0. The van der Waals surface area contributed by atoms with E-state index >= 15 is 0 Å². The zero-order valence-electron chi connectivity index (χ0n) is 18.6. The molecule has 0 bridgehead atoms. The number of carbonyl (C=O) groups excluding carboxylic acids is 2. The van der Waals surface area contributed by atoms with E-state index in [9.17, 15) is 14.7 Å². The average Bonchev–Trinajstić information content (AvgIpc) is 3.06. The standard InChI is InChI=1S/C27H32N2O3/c1-2-24(30)28-19-15-26(16-20-28,22-10-5-3-6-11-22)25(31)29-18-9-14-27(32,17-21-29)23-12-7-4-8-13-23/h2-8,10-13,32H,1,9,14-21H2. The van der Waals surface area contributed by atoms with E-state index in [-0.39, 0.29) is 11.8 Å². The van der Waals surface area contributed by atoms with Crippen LogP contribution in [0.2, 0.25) is 0 Å². The summed E-state index contributed by atoms with van der Waals surface area (Å²) in [6.07, 6.45) is 4.44. The van der Waals surface area contributed by atoms with E-state index in [1.165, 1.54) is 6.08 Å². The summed E-state index contributed by atoms with van der Waals surface area (Å²) in [6.45, 7) is 5.83. The van der Waals surface area contributed by atoms with Crippen LogP contribution in [0.1, 0.15) is 43.2 Å². The molecular formula is C27H32N2O3. The van der Waals surface area contributed by atoms with Gasteiger partial charge in [0.25, 0.3) is 0 Å². The van der Waals surface area contributed by atoms with E-state index < -0.39 is 11.0 Å². The molecule has 2 fully saturated rings. The van der Waals surface area contributed by atoms with E-state index in [1.807, 2.05) is 65.6 Å². The number of aliphatic hydroxyl groups is 1. The van der Waals surface area contributed by atoms with Gasteiger partial charge in [-0.1, -0.05) is 67.2 Å². The summed E-state index contributed by atoms with van der Waals surface area (Å²) >= 11 is 0. The normalized spacial score (nSPS) is 23.3. The first-order valence-electron chi connectivity index (χ1n) is 11.5. The molecular weight excluding hydrogens is 400 g/mol. The number of benzene rings is 2. The number of likely N-dealkylation sites (tertiary alicyclic amines) is 2. The lowest BCUT2D eigenvalue weighted by Gasteiger charge is -2.43. The Balaban J connectivity index is 1.57. The Morgan fingerprint density at radius 1 is 0.781 bits per heavy atom. The van der Waals surface area contributed by atoms with Gasteiger partial charge in [-0.15, -0.1) is 0 Å². The summed E-state index contributed by atoms with van der Waals surface area (Å²) < 4.78 is 0. The number of nitrogens with zero attached hydrogens (tertiary/aromatic N) is 2. The highest BCUT2D eigenvalue weighted by Gasteiger charge is 2.46. The Bertz CT molecular complexity index is 951. The highest BCUT2D eigenvalue weighted by Crippen LogP contribution is 2.39. The molecule has 5 heteroatoms. The van der Waals surface area contributed by atoms with E-state index in [0.29, 0.717) is 51.9 Å². The monoisotopic (exact) mass is 432 g/mol. The molecule has 2 amide bonds. The Kier molecular flexibility index (Phi) is 6.47. The van der Waals surface area contributed by atoms with Crippen LogP contribution < -0.4 is 0 Å². The minimum absolute atomic E-state index is 0.0817. The zero-order valence-corrected chi connectivity index (χ0v) is 18.6. The molecule has 1 unspecified atom stereocenters. The predicted molar refractivity (Wildman–Crippen MR) is 125 cm³/mol. The number of amides is 2. The lowest BCUT2D eigenvalue weighted by atomic mass is 9.71. The number of hydrogen-bond acceptors (Lipinski definition) is 3. The highest BCUT2D eigenvalue weighted by molar-refractivity contribution is 5.90. The molecule has 5 nitrogen and oxygen atoms in total. The second-order valence-electron chi connectivity index (χ2n) is 9.02. The van der Waals surface area contributed by atoms with Crippen molar-refractivity contribution in [3.63, 3.8) is 0 Å². The van der Waals surface area contributed by atoms with Crippen molar-refractivity contribution < 1.29 is 14.7 Å². The van der Waals surface area contributed by atoms with Crippen molar-refractivity contribution in [1.82, 2.24) is 9.80 Å². The molecule has 4 rings (SSSR count). The quantitative estimate of drug-likeness (QED) is 0.751. The van der Waals surface area contributed by atoms with Crippen LogP contribution in [-0.4, -0.2) is 52.9 Å². The van der Waals surface area contributed by atoms with Crippen molar-refractivity contribution in [2.75, 3.05) is 26.2 Å². The third kappa shape index (κ3) is 4.22. The first-order chi connectivity index (χ1) is 15.5. The van der Waals surface area contributed by atoms with Gasteiger partial charge in [-0.2, -0.15) is 0 Å². The van der Waals surface area contributed by atoms with Crippen molar-refractivity contribution in [2.24, 2.45) is 0 Å². The molecule has 0 spiro atoms. The van der Waals surface area contributed by atoms with Crippen LogP contribution >= 0.6 is 0 Å². The smallest absolute Gasteiger partial charge is 0.245 e. The molecule has 1 N–H and O–H groups in total. The van der Waals surface area contributed by atoms with Crippen LogP contribution in [0.5, 0.6) is 0 Å². The molecule has 2 aliphatic heterocycles. The Hall–Kier alpha value is -2.92. The first kappa shape index (κ1) is 22.3. The van der Waals surface area contributed by atoms with Crippen LogP contribution in [0.4, 0.5) is 0 Å². The third-order valence-corrected chi connectivity index (χ3v) is 7.25. The van der Waals surface area contributed by atoms with Crippen LogP contribution in [0, 0.1) is 0 Å². The van der Waals surface area contributed by atoms with Crippen molar-refractivity contribution in [3.8, 4) is 0 Å². The van der Waals surface area contributed by atoms with E-state index in [1.54, 1.807) is 4.90 Å². The van der Waals surface area contributed by atoms with Gasteiger partial charge in [0.05, 0.1) is 11.0 Å². The van der Waals surface area contributed by atoms with Gasteiger partial charge in [0.15, 0.2) is 0 Å². The van der Waals surface area contributed by atoms with Crippen LogP contribution in [0.25, 0.3) is 0 Å². The summed E-state index contributed by atoms with van der Waals surface area (Å²) in [5, 5.41) is 11.3. The molecule has 32 heavy (non-hydrogen) atoms. The van der Waals surface area contributed by atoms with Crippen molar-refractivity contribution in [2.45, 2.75) is 43.1 Å². The van der Waals surface area contributed by atoms with E-state index in [4.69, 9.17) is 0 Å². The Labute approximate surface area is 190 Å². The van der Waals surface area contributed by atoms with Crippen molar-refractivity contribution in [1.29, 1.82) is 0 Å². The van der Waals surface area contributed by atoms with Crippen molar-refractivity contribution >= 4 is 11.8 Å². The fourth-order valence-corrected chi connectivity index (χ4v) is 5.28. The number of carbonyl (C=O) groups is 2. The van der Waals surface area contributed by atoms with Gasteiger partial charge >= 0.3 is 0 Å². The summed E-state index contributed by atoms with van der Waals surface area (Å²) in [5.41, 5.74) is 0.381. The van der Waals surface area contributed by atoms with Gasteiger partial charge in [0.2, 0.25) is 11.8 Å². The lowest BCUT2D eigenvalue weighted by Crippen LogP contribution is -2.54. The topological polar surface area (TPSA) is 60.9 Å². The largest absolute Gasteiger partial charge is 0.385 e. The maximum absolute atomic E-state index is 14.0. The molecule has 2 aromatic rings. The van der Waals surface area contributed by atoms with Crippen LogP contribution in [0.15, 0.2) is 73.3 Å². The molecule has 2 aromatic carbocycles. The van der Waals surface area contributed by atoms with E-state index in [0.717, 1.165) is 17.5 Å². The molecule has 0 saturated carbocycles. The molecule has 2 saturated heterocycles. The lowest BCUT2D eigenvalue weighted by molar-refractivity contribution is -0.142. The van der Waals surface area contributed by atoms with Gasteiger partial charge < -0.3 is 14.9 Å². The summed E-state index contributed by atoms with van der Waals surface area (Å²) in [4.78, 5) is 29.9. The Morgan fingerprint density at radius 3 is 1.94 bits per heavy atom. The molecule has 1 atom stereocenters. The van der Waals surface area contributed by atoms with Crippen LogP contribution in [-0.2, 0) is 20.6 Å². The minimum Gasteiger partial charge on any atom is -0.385 e. The number of rotatable bonds is 4. The maximum Gasteiger partial charge on any atom is 0.245 e. The first-order valence-corrected chi connectivity index (χ1v) is 11.5. The molecule has 2 aliphatic rings. The van der Waals surface area contributed by atoms with Gasteiger partial charge in [-0.05, 0) is 49.3 Å². The van der Waals surface area contributed by atoms with E-state index in [2.05, 4.69) is 6.58 Å². The summed E-state index contributed by atoms with van der Waals surface area (Å²) in [5.74, 6) is 0.0357. The zero-order chi connectivity index (χ0) is 22.6. The SMILES string of the molecule is C=CC(=O)N1CCC(C(=O)N2CCCC(O)(c3ccccc3)CC2)(c2ccccc2)CC1. The second kappa shape index (κ2) is 9.29. The highest BCUT2D eigenvalue weighted by atomic mass is 16.3. The van der Waals surface area contributed by atoms with Crippen LogP contribution in [0.3, 0.4) is 0 Å². The molecule has 0 aromatic heterocycles. The third-order valence-electron chi connectivity index (χ3n) is 7.25. The summed E-state index contributed by atoms with van der Waals surface area (Å²) in [7, 11) is 0. The van der Waals surface area contributed by atoms with Gasteiger partial charge in [0, 0.05) is 26.2 Å². The van der Waals surface area contributed by atoms with Crippen molar-refractivity contribution in [3.05, 3.63) is 84.4 Å². The van der Waals surface area contributed by atoms with Gasteiger partial charge in [-0.25, -0.2) is 0 Å². The summed E-state index contributed by atoms with van der Waals surface area (Å²) in [6, 6.07) is 19.8.